The van der Waals surface area contributed by atoms with Crippen LogP contribution in [0.15, 0.2) is 18.2 Å². The number of amides is 1. The van der Waals surface area contributed by atoms with Gasteiger partial charge in [0.1, 0.15) is 0 Å². The molecule has 0 aliphatic rings. The van der Waals surface area contributed by atoms with Gasteiger partial charge in [-0.05, 0) is 44.7 Å². The Hall–Kier alpha value is -1.02. The fourth-order valence-electron chi connectivity index (χ4n) is 2.35. The van der Waals surface area contributed by atoms with Gasteiger partial charge < -0.3 is 4.90 Å². The van der Waals surface area contributed by atoms with Crippen LogP contribution in [-0.2, 0) is 4.79 Å². The first-order valence-electron chi connectivity index (χ1n) is 6.92. The van der Waals surface area contributed by atoms with Gasteiger partial charge in [0.2, 0.25) is 5.91 Å². The van der Waals surface area contributed by atoms with Crippen LogP contribution in [0.25, 0.3) is 0 Å². The zero-order valence-corrected chi connectivity index (χ0v) is 13.1. The molecule has 0 saturated heterocycles. The number of hydrogen-bond acceptors (Lipinski definition) is 1. The van der Waals surface area contributed by atoms with Gasteiger partial charge >= 0.3 is 0 Å². The monoisotopic (exact) mass is 281 g/mol. The zero-order valence-electron chi connectivity index (χ0n) is 12.4. The van der Waals surface area contributed by atoms with Crippen LogP contribution in [0.4, 0.5) is 5.69 Å². The Balaban J connectivity index is 2.75. The maximum atomic E-state index is 11.9. The second-order valence-electron chi connectivity index (χ2n) is 5.19. The number of aryl methyl sites for hydroxylation is 2. The molecular weight excluding hydrogens is 258 g/mol. The van der Waals surface area contributed by atoms with Crippen LogP contribution in [-0.4, -0.2) is 17.8 Å². The molecule has 106 valence electrons. The SMILES string of the molecule is CC(=O)N(CCCCC(C)Cl)c1c(C)cccc1C. The van der Waals surface area contributed by atoms with Crippen LogP contribution in [0.1, 0.15) is 44.2 Å². The summed E-state index contributed by atoms with van der Waals surface area (Å²) in [5, 5.41) is 0.214. The van der Waals surface area contributed by atoms with Gasteiger partial charge in [-0.25, -0.2) is 0 Å². The third kappa shape index (κ3) is 4.87. The lowest BCUT2D eigenvalue weighted by Crippen LogP contribution is -2.30. The van der Waals surface area contributed by atoms with Crippen LogP contribution in [0.2, 0.25) is 0 Å². The Morgan fingerprint density at radius 2 is 1.84 bits per heavy atom. The molecule has 0 bridgehead atoms. The van der Waals surface area contributed by atoms with Gasteiger partial charge in [0.05, 0.1) is 0 Å². The second-order valence-corrected chi connectivity index (χ2v) is 5.93. The quantitative estimate of drug-likeness (QED) is 0.557. The van der Waals surface area contributed by atoms with E-state index in [9.17, 15) is 4.79 Å². The van der Waals surface area contributed by atoms with Gasteiger partial charge in [-0.15, -0.1) is 11.6 Å². The van der Waals surface area contributed by atoms with Crippen molar-refractivity contribution in [1.82, 2.24) is 0 Å². The van der Waals surface area contributed by atoms with Crippen LogP contribution in [0.3, 0.4) is 0 Å². The summed E-state index contributed by atoms with van der Waals surface area (Å²) in [5.41, 5.74) is 3.37. The van der Waals surface area contributed by atoms with E-state index in [1.165, 1.54) is 0 Å². The summed E-state index contributed by atoms with van der Waals surface area (Å²) in [4.78, 5) is 13.8. The van der Waals surface area contributed by atoms with Gasteiger partial charge in [-0.2, -0.15) is 0 Å². The first kappa shape index (κ1) is 16.0. The lowest BCUT2D eigenvalue weighted by atomic mass is 10.1. The summed E-state index contributed by atoms with van der Waals surface area (Å²) in [5.74, 6) is 0.108. The maximum absolute atomic E-state index is 11.9. The molecule has 1 rings (SSSR count). The number of unbranched alkanes of at least 4 members (excludes halogenated alkanes) is 1. The van der Waals surface area contributed by atoms with E-state index in [0.29, 0.717) is 0 Å². The predicted octanol–water partition coefficient (Wildman–Crippen LogP) is 4.45. The first-order chi connectivity index (χ1) is 8.93. The summed E-state index contributed by atoms with van der Waals surface area (Å²) in [6.45, 7) is 8.52. The Morgan fingerprint density at radius 3 is 2.32 bits per heavy atom. The highest BCUT2D eigenvalue weighted by molar-refractivity contribution is 6.20. The van der Waals surface area contributed by atoms with Gasteiger partial charge in [0.15, 0.2) is 0 Å². The molecule has 3 heteroatoms. The van der Waals surface area contributed by atoms with Crippen molar-refractivity contribution in [1.29, 1.82) is 0 Å². The molecule has 1 unspecified atom stereocenters. The molecular formula is C16H24ClNO. The molecule has 0 aliphatic carbocycles. The van der Waals surface area contributed by atoms with Gasteiger partial charge in [0, 0.05) is 24.5 Å². The number of para-hydroxylation sites is 1. The zero-order chi connectivity index (χ0) is 14.4. The van der Waals surface area contributed by atoms with Crippen molar-refractivity contribution in [3.8, 4) is 0 Å². The highest BCUT2D eigenvalue weighted by Crippen LogP contribution is 2.25. The summed E-state index contributed by atoms with van der Waals surface area (Å²) in [6.07, 6.45) is 3.05. The predicted molar refractivity (Wildman–Crippen MR) is 83.1 cm³/mol. The fraction of sp³-hybridized carbons (Fsp3) is 0.562. The van der Waals surface area contributed by atoms with E-state index in [-0.39, 0.29) is 11.3 Å². The number of carbonyl (C=O) groups is 1. The highest BCUT2D eigenvalue weighted by atomic mass is 35.5. The molecule has 1 amide bonds. The van der Waals surface area contributed by atoms with E-state index in [4.69, 9.17) is 11.6 Å². The van der Waals surface area contributed by atoms with Crippen molar-refractivity contribution in [2.75, 3.05) is 11.4 Å². The largest absolute Gasteiger partial charge is 0.312 e. The highest BCUT2D eigenvalue weighted by Gasteiger charge is 2.15. The van der Waals surface area contributed by atoms with Crippen LogP contribution in [0, 0.1) is 13.8 Å². The third-order valence-corrected chi connectivity index (χ3v) is 3.54. The minimum atomic E-state index is 0.108. The Kier molecular flexibility index (Phi) is 6.36. The van der Waals surface area contributed by atoms with Crippen molar-refractivity contribution in [3.63, 3.8) is 0 Å². The summed E-state index contributed by atoms with van der Waals surface area (Å²) in [7, 11) is 0. The summed E-state index contributed by atoms with van der Waals surface area (Å²) >= 11 is 5.94. The Bertz CT molecular complexity index is 409. The van der Waals surface area contributed by atoms with Crippen molar-refractivity contribution >= 4 is 23.2 Å². The molecule has 0 heterocycles. The number of halogens is 1. The van der Waals surface area contributed by atoms with E-state index in [0.717, 1.165) is 42.6 Å². The van der Waals surface area contributed by atoms with Crippen molar-refractivity contribution in [3.05, 3.63) is 29.3 Å². The van der Waals surface area contributed by atoms with Gasteiger partial charge in [0.25, 0.3) is 0 Å². The average molecular weight is 282 g/mol. The molecule has 1 aromatic carbocycles. The molecule has 0 N–H and O–H groups in total. The molecule has 0 fully saturated rings. The first-order valence-corrected chi connectivity index (χ1v) is 7.35. The standard InChI is InChI=1S/C16H24ClNO/c1-12-8-7-9-13(2)16(12)18(15(4)19)11-6-5-10-14(3)17/h7-9,14H,5-6,10-11H2,1-4H3. The minimum absolute atomic E-state index is 0.108. The smallest absolute Gasteiger partial charge is 0.223 e. The number of nitrogens with zero attached hydrogens (tertiary/aromatic N) is 1. The lowest BCUT2D eigenvalue weighted by molar-refractivity contribution is -0.116. The normalized spacial score (nSPS) is 12.3. The second kappa shape index (κ2) is 7.54. The molecule has 0 aromatic heterocycles. The summed E-state index contributed by atoms with van der Waals surface area (Å²) in [6, 6.07) is 6.14. The number of anilines is 1. The molecule has 1 aromatic rings. The molecule has 0 radical (unpaired) electrons. The number of benzene rings is 1. The van der Waals surface area contributed by atoms with Gasteiger partial charge in [-0.1, -0.05) is 24.6 Å². The van der Waals surface area contributed by atoms with Gasteiger partial charge in [-0.3, -0.25) is 4.79 Å². The molecule has 2 nitrogen and oxygen atoms in total. The fourth-order valence-corrected chi connectivity index (χ4v) is 2.51. The van der Waals surface area contributed by atoms with Crippen LogP contribution >= 0.6 is 11.6 Å². The molecule has 0 saturated carbocycles. The van der Waals surface area contributed by atoms with Crippen LogP contribution < -0.4 is 4.90 Å². The number of hydrogen-bond donors (Lipinski definition) is 0. The number of carbonyl (C=O) groups excluding carboxylic acids is 1. The number of rotatable bonds is 6. The summed E-state index contributed by atoms with van der Waals surface area (Å²) < 4.78 is 0. The van der Waals surface area contributed by atoms with Crippen molar-refractivity contribution < 1.29 is 4.79 Å². The van der Waals surface area contributed by atoms with Crippen molar-refractivity contribution in [2.24, 2.45) is 0 Å². The molecule has 0 aliphatic heterocycles. The molecule has 1 atom stereocenters. The molecule has 0 spiro atoms. The maximum Gasteiger partial charge on any atom is 0.223 e. The number of alkyl halides is 1. The van der Waals surface area contributed by atoms with Crippen molar-refractivity contribution in [2.45, 2.75) is 52.3 Å². The average Bonchev–Trinajstić information content (AvgIpc) is 2.30. The van der Waals surface area contributed by atoms with Crippen LogP contribution in [0.5, 0.6) is 0 Å². The van der Waals surface area contributed by atoms with E-state index < -0.39 is 0 Å². The topological polar surface area (TPSA) is 20.3 Å². The Morgan fingerprint density at radius 1 is 1.26 bits per heavy atom. The Labute approximate surface area is 121 Å². The van der Waals surface area contributed by atoms with E-state index >= 15 is 0 Å². The van der Waals surface area contributed by atoms with E-state index in [1.807, 2.05) is 17.9 Å². The minimum Gasteiger partial charge on any atom is -0.312 e. The lowest BCUT2D eigenvalue weighted by Gasteiger charge is -2.25. The molecule has 19 heavy (non-hydrogen) atoms. The van der Waals surface area contributed by atoms with E-state index in [1.54, 1.807) is 6.92 Å². The third-order valence-electron chi connectivity index (χ3n) is 3.32. The van der Waals surface area contributed by atoms with E-state index in [2.05, 4.69) is 26.0 Å².